The number of amides is 2. The van der Waals surface area contributed by atoms with Crippen molar-refractivity contribution in [1.29, 1.82) is 0 Å². The Kier molecular flexibility index (Phi) is 6.81. The lowest BCUT2D eigenvalue weighted by atomic mass is 9.96. The molecule has 160 valence electrons. The molecule has 2 aromatic carbocycles. The Morgan fingerprint density at radius 3 is 2.48 bits per heavy atom. The van der Waals surface area contributed by atoms with Crippen LogP contribution >= 0.6 is 0 Å². The third-order valence-corrected chi connectivity index (χ3v) is 4.91. The van der Waals surface area contributed by atoms with Gasteiger partial charge in [-0.3, -0.25) is 15.1 Å². The van der Waals surface area contributed by atoms with Crippen molar-refractivity contribution in [1.82, 2.24) is 9.97 Å². The zero-order valence-electron chi connectivity index (χ0n) is 17.1. The number of aromatic nitrogens is 2. The molecule has 0 saturated heterocycles. The molecular weight excluding hydrogens is 396 g/mol. The number of aromatic carboxylic acids is 1. The number of hydrogen-bond donors (Lipinski definition) is 4. The molecule has 0 fully saturated rings. The van der Waals surface area contributed by atoms with E-state index in [0.29, 0.717) is 29.7 Å². The van der Waals surface area contributed by atoms with E-state index in [1.165, 1.54) is 0 Å². The van der Waals surface area contributed by atoms with E-state index in [1.807, 2.05) is 31.2 Å². The molecule has 0 atom stereocenters. The van der Waals surface area contributed by atoms with E-state index in [1.54, 1.807) is 24.3 Å². The van der Waals surface area contributed by atoms with Crippen LogP contribution in [0.2, 0.25) is 0 Å². The van der Waals surface area contributed by atoms with Crippen LogP contribution in [0, 0.1) is 0 Å². The van der Waals surface area contributed by atoms with Crippen LogP contribution in [-0.2, 0) is 12.8 Å². The summed E-state index contributed by atoms with van der Waals surface area (Å²) >= 11 is 0. The second-order valence-corrected chi connectivity index (χ2v) is 7.16. The van der Waals surface area contributed by atoms with Crippen LogP contribution < -0.4 is 16.6 Å². The highest BCUT2D eigenvalue weighted by Crippen LogP contribution is 2.25. The van der Waals surface area contributed by atoms with Crippen molar-refractivity contribution in [2.45, 2.75) is 32.6 Å². The third-order valence-electron chi connectivity index (χ3n) is 4.91. The molecule has 3 rings (SSSR count). The van der Waals surface area contributed by atoms with Gasteiger partial charge in [-0.15, -0.1) is 0 Å². The number of nitrogens with zero attached hydrogens (tertiary/aromatic N) is 1. The van der Waals surface area contributed by atoms with Crippen LogP contribution in [0.5, 0.6) is 0 Å². The number of rotatable bonds is 8. The van der Waals surface area contributed by atoms with Gasteiger partial charge in [0.15, 0.2) is 0 Å². The molecule has 8 nitrogen and oxygen atoms in total. The normalized spacial score (nSPS) is 10.6. The molecule has 8 heteroatoms. The number of aromatic amines is 1. The summed E-state index contributed by atoms with van der Waals surface area (Å²) in [6, 6.07) is 13.4. The van der Waals surface area contributed by atoms with Gasteiger partial charge in [0, 0.05) is 12.0 Å². The molecular formula is C23H24N4O4. The molecule has 31 heavy (non-hydrogen) atoms. The third kappa shape index (κ3) is 5.36. The lowest BCUT2D eigenvalue weighted by Gasteiger charge is -2.11. The van der Waals surface area contributed by atoms with Gasteiger partial charge in [-0.1, -0.05) is 55.8 Å². The Labute approximate surface area is 179 Å². The molecule has 0 aliphatic heterocycles. The molecule has 0 aliphatic rings. The standard InChI is InChI=1S/C23H24N4O4/c1-2-3-8-19-18(20(28)26-23(25-19)27-22(24)31)13-14-9-11-15(12-10-14)16-6-4-5-7-17(16)21(29)30/h4-7,9-12H,2-3,8,13H2,1H3,(H,29,30)(H4,24,25,26,27,28,31). The molecule has 0 spiro atoms. The first-order valence-corrected chi connectivity index (χ1v) is 9.99. The van der Waals surface area contributed by atoms with Crippen molar-refractivity contribution < 1.29 is 14.7 Å². The van der Waals surface area contributed by atoms with E-state index in [-0.39, 0.29) is 17.1 Å². The molecule has 0 saturated carbocycles. The van der Waals surface area contributed by atoms with Gasteiger partial charge < -0.3 is 10.8 Å². The van der Waals surface area contributed by atoms with E-state index < -0.39 is 12.0 Å². The van der Waals surface area contributed by atoms with Crippen molar-refractivity contribution in [2.75, 3.05) is 5.32 Å². The molecule has 2 amide bonds. The fourth-order valence-corrected chi connectivity index (χ4v) is 3.38. The Balaban J connectivity index is 1.91. The number of carbonyl (C=O) groups is 2. The minimum absolute atomic E-state index is 0.0352. The van der Waals surface area contributed by atoms with Crippen molar-refractivity contribution in [3.63, 3.8) is 0 Å². The van der Waals surface area contributed by atoms with Crippen LogP contribution in [0.3, 0.4) is 0 Å². The average Bonchev–Trinajstić information content (AvgIpc) is 2.74. The zero-order chi connectivity index (χ0) is 22.4. The van der Waals surface area contributed by atoms with Gasteiger partial charge in [-0.2, -0.15) is 0 Å². The highest BCUT2D eigenvalue weighted by molar-refractivity contribution is 5.96. The zero-order valence-corrected chi connectivity index (χ0v) is 17.1. The number of unbranched alkanes of at least 4 members (excludes halogenated alkanes) is 1. The summed E-state index contributed by atoms with van der Waals surface area (Å²) in [6.45, 7) is 2.04. The molecule has 0 radical (unpaired) electrons. The summed E-state index contributed by atoms with van der Waals surface area (Å²) in [6.07, 6.45) is 2.75. The highest BCUT2D eigenvalue weighted by atomic mass is 16.4. The van der Waals surface area contributed by atoms with Crippen LogP contribution in [0.15, 0.2) is 53.3 Å². The molecule has 1 aromatic heterocycles. The van der Waals surface area contributed by atoms with E-state index in [2.05, 4.69) is 15.3 Å². The lowest BCUT2D eigenvalue weighted by molar-refractivity contribution is 0.0697. The van der Waals surface area contributed by atoms with E-state index in [4.69, 9.17) is 5.73 Å². The maximum atomic E-state index is 12.7. The fourth-order valence-electron chi connectivity index (χ4n) is 3.38. The summed E-state index contributed by atoms with van der Waals surface area (Å²) in [5.74, 6) is -0.949. The highest BCUT2D eigenvalue weighted by Gasteiger charge is 2.14. The molecule has 0 aliphatic carbocycles. The van der Waals surface area contributed by atoms with Crippen LogP contribution in [0.1, 0.15) is 46.9 Å². The van der Waals surface area contributed by atoms with Crippen molar-refractivity contribution >= 4 is 17.9 Å². The maximum absolute atomic E-state index is 12.7. The predicted molar refractivity (Wildman–Crippen MR) is 118 cm³/mol. The lowest BCUT2D eigenvalue weighted by Crippen LogP contribution is -2.26. The summed E-state index contributed by atoms with van der Waals surface area (Å²) in [5, 5.41) is 11.7. The van der Waals surface area contributed by atoms with Gasteiger partial charge in [0.25, 0.3) is 5.56 Å². The number of benzene rings is 2. The van der Waals surface area contributed by atoms with Gasteiger partial charge in [0.2, 0.25) is 5.95 Å². The van der Waals surface area contributed by atoms with Crippen LogP contribution in [0.4, 0.5) is 10.7 Å². The van der Waals surface area contributed by atoms with Crippen LogP contribution in [0.25, 0.3) is 11.1 Å². The largest absolute Gasteiger partial charge is 0.478 e. The molecule has 3 aromatic rings. The quantitative estimate of drug-likeness (QED) is 0.441. The molecule has 1 heterocycles. The topological polar surface area (TPSA) is 138 Å². The number of carbonyl (C=O) groups excluding carboxylic acids is 1. The summed E-state index contributed by atoms with van der Waals surface area (Å²) in [5.41, 5.74) is 8.48. The number of nitrogens with two attached hydrogens (primary N) is 1. The summed E-state index contributed by atoms with van der Waals surface area (Å²) in [7, 11) is 0. The first kappa shape index (κ1) is 21.8. The van der Waals surface area contributed by atoms with Gasteiger partial charge in [0.05, 0.1) is 11.3 Å². The number of carboxylic acid groups (broad SMARTS) is 1. The number of H-pyrrole nitrogens is 1. The minimum atomic E-state index is -0.984. The van der Waals surface area contributed by atoms with Gasteiger partial charge in [-0.25, -0.2) is 14.6 Å². The number of aryl methyl sites for hydroxylation is 1. The Morgan fingerprint density at radius 2 is 1.84 bits per heavy atom. The molecule has 0 bridgehead atoms. The summed E-state index contributed by atoms with van der Waals surface area (Å²) in [4.78, 5) is 42.2. The minimum Gasteiger partial charge on any atom is -0.478 e. The second kappa shape index (κ2) is 9.71. The van der Waals surface area contributed by atoms with Gasteiger partial charge in [0.1, 0.15) is 0 Å². The fraction of sp³-hybridized carbons (Fsp3) is 0.217. The van der Waals surface area contributed by atoms with E-state index in [0.717, 1.165) is 24.0 Å². The average molecular weight is 420 g/mol. The second-order valence-electron chi connectivity index (χ2n) is 7.16. The summed E-state index contributed by atoms with van der Waals surface area (Å²) < 4.78 is 0. The monoisotopic (exact) mass is 420 g/mol. The number of carboxylic acids is 1. The SMILES string of the molecule is CCCCc1nc(NC(N)=O)[nH]c(=O)c1Cc1ccc(-c2ccccc2C(=O)O)cc1. The predicted octanol–water partition coefficient (Wildman–Crippen LogP) is 3.56. The van der Waals surface area contributed by atoms with Gasteiger partial charge in [-0.05, 0) is 35.6 Å². The Morgan fingerprint density at radius 1 is 1.13 bits per heavy atom. The Bertz CT molecular complexity index is 1150. The number of nitrogens with one attached hydrogen (secondary N) is 2. The van der Waals surface area contributed by atoms with Crippen molar-refractivity contribution in [3.8, 4) is 11.1 Å². The van der Waals surface area contributed by atoms with Gasteiger partial charge >= 0.3 is 12.0 Å². The smallest absolute Gasteiger partial charge is 0.336 e. The van der Waals surface area contributed by atoms with Crippen molar-refractivity contribution in [3.05, 3.63) is 81.3 Å². The van der Waals surface area contributed by atoms with E-state index in [9.17, 15) is 19.5 Å². The number of urea groups is 1. The van der Waals surface area contributed by atoms with Crippen molar-refractivity contribution in [2.24, 2.45) is 5.73 Å². The first-order valence-electron chi connectivity index (χ1n) is 9.99. The Hall–Kier alpha value is -3.94. The van der Waals surface area contributed by atoms with Crippen LogP contribution in [-0.4, -0.2) is 27.1 Å². The number of primary amides is 1. The number of hydrogen-bond acceptors (Lipinski definition) is 4. The molecule has 0 unspecified atom stereocenters. The first-order chi connectivity index (χ1) is 14.9. The van der Waals surface area contributed by atoms with E-state index >= 15 is 0 Å². The number of anilines is 1. The maximum Gasteiger partial charge on any atom is 0.336 e. The molecule has 5 N–H and O–H groups in total.